The Morgan fingerprint density at radius 3 is 2.43 bits per heavy atom. The maximum Gasteiger partial charge on any atom is 0.410 e. The van der Waals surface area contributed by atoms with E-state index in [4.69, 9.17) is 14.2 Å². The lowest BCUT2D eigenvalue weighted by atomic mass is 10.0. The number of aromatic nitrogens is 3. The van der Waals surface area contributed by atoms with Crippen LogP contribution in [0.3, 0.4) is 0 Å². The van der Waals surface area contributed by atoms with E-state index in [1.54, 1.807) is 53.2 Å². The Kier molecular flexibility index (Phi) is 17.2. The predicted octanol–water partition coefficient (Wildman–Crippen LogP) is 6.22. The minimum absolute atomic E-state index is 0.0335. The summed E-state index contributed by atoms with van der Waals surface area (Å²) in [6, 6.07) is 4.67. The molecule has 3 rings (SSSR count). The lowest BCUT2D eigenvalue weighted by Crippen LogP contribution is -2.45. The summed E-state index contributed by atoms with van der Waals surface area (Å²) in [4.78, 5) is 71.8. The number of nitrogens with zero attached hydrogens (tertiary/aromatic N) is 5. The van der Waals surface area contributed by atoms with Crippen molar-refractivity contribution in [2.75, 3.05) is 46.2 Å². The third-order valence-electron chi connectivity index (χ3n) is 8.79. The maximum atomic E-state index is 15.3. The first-order valence-corrected chi connectivity index (χ1v) is 23.3. The molecule has 0 saturated heterocycles. The molecule has 0 spiro atoms. The van der Waals surface area contributed by atoms with Crippen LogP contribution in [0.1, 0.15) is 58.7 Å². The fourth-order valence-electron chi connectivity index (χ4n) is 5.64. The van der Waals surface area contributed by atoms with Crippen molar-refractivity contribution in [2.45, 2.75) is 104 Å². The van der Waals surface area contributed by atoms with Gasteiger partial charge in [-0.25, -0.2) is 14.0 Å². The monoisotopic (exact) mass is 827 g/mol. The minimum atomic E-state index is -1.39. The minimum Gasteiger partial charge on any atom is -0.448 e. The SMILES string of the molecule is CC(C)Cc1c(F)cnc2cc(Cn3cccc(NC(=O)[C@H](CC/C=C/C(=O)N(C)C)NC(=O)OCCN(C)C(=O)OC(C)(C)C)c3=O)n(COCC[Si](C)(C)C)c12. The standard InChI is InChI=1S/C41H62FN7O8Si/c1-28(2)23-30-31(42)25-43-34-24-29(49(36(30)34)27-55-21-22-58(9,10)11)26-48-18-14-16-33(38(48)52)44-37(51)32(15-12-13-17-35(50)46(6)7)45-39(53)56-20-19-47(8)40(54)57-41(3,4)5/h13-14,16-18,24-25,28,32H,12,15,19-23,26-27H2,1-11H3,(H,44,51)(H,45,53)/b17-13+/t32-/m0/s1. The Labute approximate surface area is 341 Å². The van der Waals surface area contributed by atoms with Crippen LogP contribution in [0.2, 0.25) is 25.7 Å². The molecule has 0 aromatic carbocycles. The van der Waals surface area contributed by atoms with E-state index in [0.29, 0.717) is 35.3 Å². The Balaban J connectivity index is 1.86. The maximum absolute atomic E-state index is 15.3. The molecule has 3 heterocycles. The number of alkyl carbamates (subject to hydrolysis) is 1. The van der Waals surface area contributed by atoms with E-state index in [9.17, 15) is 24.0 Å². The number of hydrogen-bond acceptors (Lipinski definition) is 9. The summed E-state index contributed by atoms with van der Waals surface area (Å²) in [6.07, 6.45) is 5.04. The molecule has 2 N–H and O–H groups in total. The largest absolute Gasteiger partial charge is 0.448 e. The van der Waals surface area contributed by atoms with Gasteiger partial charge in [0.15, 0.2) is 0 Å². The average molecular weight is 828 g/mol. The second-order valence-corrected chi connectivity index (χ2v) is 22.7. The lowest BCUT2D eigenvalue weighted by molar-refractivity contribution is -0.123. The number of carbonyl (C=O) groups is 4. The van der Waals surface area contributed by atoms with E-state index in [1.807, 2.05) is 24.5 Å². The summed E-state index contributed by atoms with van der Waals surface area (Å²) in [5.74, 6) is -1.17. The van der Waals surface area contributed by atoms with E-state index in [1.165, 1.54) is 39.8 Å². The third-order valence-corrected chi connectivity index (χ3v) is 10.5. The van der Waals surface area contributed by atoms with Crippen molar-refractivity contribution in [3.8, 4) is 0 Å². The highest BCUT2D eigenvalue weighted by atomic mass is 28.3. The van der Waals surface area contributed by atoms with E-state index in [-0.39, 0.29) is 56.8 Å². The van der Waals surface area contributed by atoms with E-state index >= 15 is 4.39 Å². The number of carbonyl (C=O) groups excluding carboxylic acids is 4. The molecular weight excluding hydrogens is 766 g/mol. The molecule has 0 saturated carbocycles. The molecule has 15 nitrogen and oxygen atoms in total. The first-order chi connectivity index (χ1) is 27.1. The van der Waals surface area contributed by atoms with Gasteiger partial charge in [0, 0.05) is 53.3 Å². The van der Waals surface area contributed by atoms with Gasteiger partial charge in [0.1, 0.15) is 36.5 Å². The van der Waals surface area contributed by atoms with Crippen molar-refractivity contribution in [1.82, 2.24) is 29.2 Å². The van der Waals surface area contributed by atoms with Crippen LogP contribution in [0.25, 0.3) is 11.0 Å². The third kappa shape index (κ3) is 15.0. The van der Waals surface area contributed by atoms with Crippen LogP contribution >= 0.6 is 0 Å². The molecule has 0 aliphatic carbocycles. The number of rotatable bonds is 19. The first-order valence-electron chi connectivity index (χ1n) is 19.5. The fourth-order valence-corrected chi connectivity index (χ4v) is 6.40. The Bertz CT molecular complexity index is 1980. The zero-order chi connectivity index (χ0) is 43.4. The summed E-state index contributed by atoms with van der Waals surface area (Å²) >= 11 is 0. The Morgan fingerprint density at radius 2 is 1.79 bits per heavy atom. The van der Waals surface area contributed by atoms with Crippen molar-refractivity contribution in [3.05, 3.63) is 70.2 Å². The summed E-state index contributed by atoms with van der Waals surface area (Å²) in [5.41, 5.74) is 1.14. The van der Waals surface area contributed by atoms with Gasteiger partial charge in [-0.2, -0.15) is 0 Å². The molecule has 1 atom stereocenters. The summed E-state index contributed by atoms with van der Waals surface area (Å²) < 4.78 is 35.3. The number of likely N-dealkylation sites (N-methyl/N-ethyl adjacent to an activating group) is 2. The van der Waals surface area contributed by atoms with E-state index < -0.39 is 49.2 Å². The van der Waals surface area contributed by atoms with Crippen LogP contribution in [0.15, 0.2) is 47.5 Å². The number of anilines is 1. The van der Waals surface area contributed by atoms with Gasteiger partial charge in [-0.05, 0) is 76.3 Å². The van der Waals surface area contributed by atoms with Gasteiger partial charge < -0.3 is 43.8 Å². The van der Waals surface area contributed by atoms with Crippen molar-refractivity contribution in [2.24, 2.45) is 5.92 Å². The Hall–Kier alpha value is -5.03. The zero-order valence-electron chi connectivity index (χ0n) is 35.9. The van der Waals surface area contributed by atoms with E-state index in [0.717, 1.165) is 6.04 Å². The molecular formula is C41H62FN7O8Si. The molecule has 0 unspecified atom stereocenters. The van der Waals surface area contributed by atoms with Gasteiger partial charge in [-0.1, -0.05) is 39.6 Å². The molecule has 0 bridgehead atoms. The van der Waals surface area contributed by atoms with Gasteiger partial charge in [0.05, 0.1) is 30.3 Å². The van der Waals surface area contributed by atoms with Crippen LogP contribution in [0.5, 0.6) is 0 Å². The molecule has 0 aliphatic heterocycles. The van der Waals surface area contributed by atoms with Crippen LogP contribution < -0.4 is 16.2 Å². The first kappa shape index (κ1) is 47.3. The molecule has 3 aromatic rings. The van der Waals surface area contributed by atoms with Crippen LogP contribution in [-0.2, 0) is 43.5 Å². The Morgan fingerprint density at radius 1 is 1.09 bits per heavy atom. The van der Waals surface area contributed by atoms with Gasteiger partial charge in [0.25, 0.3) is 5.56 Å². The molecule has 58 heavy (non-hydrogen) atoms. The number of halogens is 1. The van der Waals surface area contributed by atoms with E-state index in [2.05, 4.69) is 35.3 Å². The van der Waals surface area contributed by atoms with Gasteiger partial charge in [-0.15, -0.1) is 0 Å². The highest BCUT2D eigenvalue weighted by Crippen LogP contribution is 2.27. The number of hydrogen-bond donors (Lipinski definition) is 2. The molecule has 0 aliphatic rings. The highest BCUT2D eigenvalue weighted by molar-refractivity contribution is 6.76. The second kappa shape index (κ2) is 21.1. The van der Waals surface area contributed by atoms with Crippen LogP contribution in [0.4, 0.5) is 19.7 Å². The molecule has 0 fully saturated rings. The van der Waals surface area contributed by atoms with Crippen molar-refractivity contribution in [3.63, 3.8) is 0 Å². The molecule has 3 aromatic heterocycles. The summed E-state index contributed by atoms with van der Waals surface area (Å²) in [7, 11) is 3.33. The fraction of sp³-hybridized carbons (Fsp3) is 0.561. The number of allylic oxidation sites excluding steroid dienone is 1. The summed E-state index contributed by atoms with van der Waals surface area (Å²) in [5, 5.41) is 5.20. The summed E-state index contributed by atoms with van der Waals surface area (Å²) in [6.45, 7) is 16.6. The quantitative estimate of drug-likeness (QED) is 0.0811. The number of fused-ring (bicyclic) bond motifs is 1. The molecule has 0 radical (unpaired) electrons. The second-order valence-electron chi connectivity index (χ2n) is 17.1. The van der Waals surface area contributed by atoms with Gasteiger partial charge in [0.2, 0.25) is 11.8 Å². The van der Waals surface area contributed by atoms with Crippen molar-refractivity contribution < 1.29 is 37.8 Å². The molecule has 320 valence electrons. The topological polar surface area (TPSA) is 166 Å². The van der Waals surface area contributed by atoms with Crippen molar-refractivity contribution >= 4 is 48.8 Å². The molecule has 17 heteroatoms. The molecule has 4 amide bonds. The number of ether oxygens (including phenoxy) is 3. The smallest absolute Gasteiger partial charge is 0.410 e. The average Bonchev–Trinajstić information content (AvgIpc) is 3.46. The van der Waals surface area contributed by atoms with Crippen molar-refractivity contribution in [1.29, 1.82) is 0 Å². The van der Waals surface area contributed by atoms with Gasteiger partial charge >= 0.3 is 12.2 Å². The zero-order valence-corrected chi connectivity index (χ0v) is 36.9. The number of nitrogens with one attached hydrogen (secondary N) is 2. The van der Waals surface area contributed by atoms with Gasteiger partial charge in [-0.3, -0.25) is 19.4 Å². The lowest BCUT2D eigenvalue weighted by Gasteiger charge is -2.24. The number of amides is 4. The normalized spacial score (nSPS) is 12.5. The van der Waals surface area contributed by atoms with Crippen LogP contribution in [0, 0.1) is 11.7 Å². The highest BCUT2D eigenvalue weighted by Gasteiger charge is 2.25. The number of pyridine rings is 2. The predicted molar refractivity (Wildman–Crippen MR) is 225 cm³/mol. The van der Waals surface area contributed by atoms with Crippen LogP contribution in [-0.4, -0.2) is 109 Å².